The van der Waals surface area contributed by atoms with E-state index < -0.39 is 22.5 Å². The molecule has 0 saturated carbocycles. The van der Waals surface area contributed by atoms with Gasteiger partial charge in [-0.1, -0.05) is 22.0 Å². The molecule has 1 aliphatic heterocycles. The summed E-state index contributed by atoms with van der Waals surface area (Å²) in [4.78, 5) is 12.4. The molecule has 0 spiro atoms. The minimum Gasteiger partial charge on any atom is -0.465 e. The minimum absolute atomic E-state index is 0.0159. The summed E-state index contributed by atoms with van der Waals surface area (Å²) in [5.74, 6) is 0. The van der Waals surface area contributed by atoms with Crippen LogP contribution in [0.1, 0.15) is 24.8 Å². The van der Waals surface area contributed by atoms with Crippen LogP contribution in [0.5, 0.6) is 0 Å². The number of anilines is 1. The van der Waals surface area contributed by atoms with Gasteiger partial charge in [-0.05, 0) is 49.2 Å². The van der Waals surface area contributed by atoms with Crippen molar-refractivity contribution in [1.82, 2.24) is 8.87 Å². The second kappa shape index (κ2) is 8.70. The number of nitrogens with one attached hydrogen (secondary N) is 1. The fourth-order valence-corrected chi connectivity index (χ4v) is 5.56. The Morgan fingerprint density at radius 3 is 2.38 bits per heavy atom. The van der Waals surface area contributed by atoms with E-state index in [1.54, 1.807) is 24.3 Å². The number of hydrogen-bond acceptors (Lipinski definition) is 4. The summed E-state index contributed by atoms with van der Waals surface area (Å²) in [5, 5.41) is 12.5. The Labute approximate surface area is 191 Å². The lowest BCUT2D eigenvalue weighted by molar-refractivity contribution is 0.133. The summed E-state index contributed by atoms with van der Waals surface area (Å²) in [6, 6.07) is 10.6. The SMILES string of the molecule is O=C(O)N1CCC(Nc2cccc3c2c(C(F)F)cn3S(=O)(=O)c2ccc(Br)cc2)CC1. The van der Waals surface area contributed by atoms with Gasteiger partial charge in [0, 0.05) is 46.4 Å². The zero-order valence-corrected chi connectivity index (χ0v) is 19.1. The number of alkyl halides is 2. The number of aromatic nitrogens is 1. The van der Waals surface area contributed by atoms with Crippen LogP contribution in [0, 0.1) is 0 Å². The van der Waals surface area contributed by atoms with Crippen molar-refractivity contribution in [3.05, 3.63) is 58.7 Å². The number of likely N-dealkylation sites (tertiary alicyclic amines) is 1. The topological polar surface area (TPSA) is 91.6 Å². The molecule has 11 heteroatoms. The van der Waals surface area contributed by atoms with Gasteiger partial charge >= 0.3 is 6.09 Å². The van der Waals surface area contributed by atoms with Gasteiger partial charge in [-0.15, -0.1) is 0 Å². The molecule has 3 aromatic rings. The molecule has 1 amide bonds. The number of hydrogen-bond donors (Lipinski definition) is 2. The number of nitrogens with zero attached hydrogens (tertiary/aromatic N) is 2. The maximum Gasteiger partial charge on any atom is 0.407 e. The molecular weight excluding hydrogens is 508 g/mol. The van der Waals surface area contributed by atoms with Gasteiger partial charge in [0.05, 0.1) is 10.4 Å². The Kier molecular flexibility index (Phi) is 6.13. The van der Waals surface area contributed by atoms with Crippen molar-refractivity contribution in [2.45, 2.75) is 30.2 Å². The zero-order chi connectivity index (χ0) is 23.0. The van der Waals surface area contributed by atoms with Gasteiger partial charge in [0.25, 0.3) is 16.4 Å². The summed E-state index contributed by atoms with van der Waals surface area (Å²) >= 11 is 3.25. The third kappa shape index (κ3) is 4.18. The van der Waals surface area contributed by atoms with Gasteiger partial charge < -0.3 is 15.3 Å². The van der Waals surface area contributed by atoms with E-state index in [-0.39, 0.29) is 27.4 Å². The molecule has 0 atom stereocenters. The fourth-order valence-electron chi connectivity index (χ4n) is 3.93. The monoisotopic (exact) mass is 527 g/mol. The first-order valence-electron chi connectivity index (χ1n) is 9.86. The van der Waals surface area contributed by atoms with Crippen LogP contribution in [0.25, 0.3) is 10.9 Å². The van der Waals surface area contributed by atoms with Crippen LogP contribution < -0.4 is 5.32 Å². The Bertz CT molecular complexity index is 1250. The van der Waals surface area contributed by atoms with Crippen molar-refractivity contribution >= 4 is 48.6 Å². The van der Waals surface area contributed by atoms with E-state index in [1.165, 1.54) is 23.1 Å². The number of halogens is 3. The lowest BCUT2D eigenvalue weighted by Gasteiger charge is -2.31. The van der Waals surface area contributed by atoms with Crippen molar-refractivity contribution in [2.24, 2.45) is 0 Å². The maximum atomic E-state index is 13.9. The Morgan fingerprint density at radius 2 is 1.78 bits per heavy atom. The molecule has 2 aromatic carbocycles. The largest absolute Gasteiger partial charge is 0.465 e. The minimum atomic E-state index is -4.10. The number of fused-ring (bicyclic) bond motifs is 1. The van der Waals surface area contributed by atoms with E-state index in [1.807, 2.05) is 0 Å². The van der Waals surface area contributed by atoms with E-state index in [4.69, 9.17) is 5.11 Å². The normalized spacial score (nSPS) is 15.4. The van der Waals surface area contributed by atoms with Crippen molar-refractivity contribution in [3.63, 3.8) is 0 Å². The van der Waals surface area contributed by atoms with Crippen molar-refractivity contribution < 1.29 is 27.1 Å². The highest BCUT2D eigenvalue weighted by molar-refractivity contribution is 9.10. The van der Waals surface area contributed by atoms with Crippen LogP contribution in [-0.2, 0) is 10.0 Å². The van der Waals surface area contributed by atoms with Gasteiger partial charge in [0.15, 0.2) is 0 Å². The number of carbonyl (C=O) groups is 1. The molecule has 4 rings (SSSR count). The molecule has 1 aliphatic rings. The molecule has 1 fully saturated rings. The second-order valence-corrected chi connectivity index (χ2v) is 10.3. The van der Waals surface area contributed by atoms with Gasteiger partial charge in [0.2, 0.25) is 0 Å². The summed E-state index contributed by atoms with van der Waals surface area (Å²) < 4.78 is 55.9. The molecule has 0 radical (unpaired) electrons. The van der Waals surface area contributed by atoms with E-state index >= 15 is 0 Å². The molecule has 0 unspecified atom stereocenters. The average molecular weight is 528 g/mol. The molecular formula is C21H20BrF2N3O4S. The molecule has 1 aromatic heterocycles. The summed E-state index contributed by atoms with van der Waals surface area (Å²) in [5.41, 5.74) is 0.166. The van der Waals surface area contributed by atoms with Gasteiger partial charge in [-0.3, -0.25) is 0 Å². The average Bonchev–Trinajstić information content (AvgIpc) is 3.16. The second-order valence-electron chi connectivity index (χ2n) is 7.53. The predicted molar refractivity (Wildman–Crippen MR) is 120 cm³/mol. The molecule has 2 N–H and O–H groups in total. The van der Waals surface area contributed by atoms with E-state index in [9.17, 15) is 22.0 Å². The Balaban J connectivity index is 1.75. The van der Waals surface area contributed by atoms with Crippen LogP contribution >= 0.6 is 15.9 Å². The fraction of sp³-hybridized carbons (Fsp3) is 0.286. The molecule has 0 aliphatic carbocycles. The third-order valence-corrected chi connectivity index (χ3v) is 7.77. The highest BCUT2D eigenvalue weighted by Crippen LogP contribution is 2.37. The standard InChI is InChI=1S/C21H20BrF2N3O4S/c22-13-4-6-15(7-5-13)32(30,31)27-12-16(20(23)24)19-17(2-1-3-18(19)27)25-14-8-10-26(11-9-14)21(28)29/h1-7,12,14,20,25H,8-11H2,(H,28,29). The van der Waals surface area contributed by atoms with E-state index in [0.29, 0.717) is 36.1 Å². The highest BCUT2D eigenvalue weighted by Gasteiger charge is 2.28. The van der Waals surface area contributed by atoms with Gasteiger partial charge in [0.1, 0.15) is 0 Å². The quantitative estimate of drug-likeness (QED) is 0.479. The van der Waals surface area contributed by atoms with E-state index in [2.05, 4.69) is 21.2 Å². The summed E-state index contributed by atoms with van der Waals surface area (Å²) in [7, 11) is -4.10. The van der Waals surface area contributed by atoms with Crippen LogP contribution in [0.15, 0.2) is 58.0 Å². The van der Waals surface area contributed by atoms with E-state index in [0.717, 1.165) is 10.2 Å². The van der Waals surface area contributed by atoms with Crippen LogP contribution in [0.2, 0.25) is 0 Å². The third-order valence-electron chi connectivity index (χ3n) is 5.56. The summed E-state index contributed by atoms with van der Waals surface area (Å²) in [6.07, 6.45) is -1.85. The van der Waals surface area contributed by atoms with Crippen LogP contribution in [0.4, 0.5) is 19.3 Å². The zero-order valence-electron chi connectivity index (χ0n) is 16.7. The first-order chi connectivity index (χ1) is 15.2. The molecule has 170 valence electrons. The molecule has 0 bridgehead atoms. The number of rotatable bonds is 5. The Morgan fingerprint density at radius 1 is 1.12 bits per heavy atom. The predicted octanol–water partition coefficient (Wildman–Crippen LogP) is 5.13. The highest BCUT2D eigenvalue weighted by atomic mass is 79.9. The van der Waals surface area contributed by atoms with Crippen LogP contribution in [-0.4, -0.2) is 47.6 Å². The molecule has 32 heavy (non-hydrogen) atoms. The molecule has 1 saturated heterocycles. The number of piperidine rings is 1. The summed E-state index contributed by atoms with van der Waals surface area (Å²) in [6.45, 7) is 0.674. The first-order valence-corrected chi connectivity index (χ1v) is 12.1. The van der Waals surface area contributed by atoms with Crippen LogP contribution in [0.3, 0.4) is 0 Å². The number of benzene rings is 2. The maximum absolute atomic E-state index is 13.9. The van der Waals surface area contributed by atoms with Gasteiger partial charge in [-0.2, -0.15) is 0 Å². The first kappa shape index (κ1) is 22.5. The molecule has 2 heterocycles. The van der Waals surface area contributed by atoms with Crippen molar-refractivity contribution in [1.29, 1.82) is 0 Å². The lowest BCUT2D eigenvalue weighted by Crippen LogP contribution is -2.41. The van der Waals surface area contributed by atoms with Crippen molar-refractivity contribution in [2.75, 3.05) is 18.4 Å². The smallest absolute Gasteiger partial charge is 0.407 e. The van der Waals surface area contributed by atoms with Crippen molar-refractivity contribution in [3.8, 4) is 0 Å². The molecule has 7 nitrogen and oxygen atoms in total. The number of carboxylic acid groups (broad SMARTS) is 1. The number of amides is 1. The van der Waals surface area contributed by atoms with Gasteiger partial charge in [-0.25, -0.2) is 26.0 Å². The lowest BCUT2D eigenvalue weighted by atomic mass is 10.0. The Hall–Kier alpha value is -2.66.